The zero-order valence-electron chi connectivity index (χ0n) is 29.9. The SMILES string of the molecule is CC.CC.CC.CNc1ccc(S)cc1.CNc1ccc(SC(C)=O)cc1.Sc1ccccc1.Sc1ccccc1.Sc1ccccc1. The molecule has 0 fully saturated rings. The Kier molecular flexibility index (Phi) is 38.1. The number of hydrogen-bond acceptors (Lipinski definition) is 8. The third-order valence-electron chi connectivity index (χ3n) is 4.83. The van der Waals surface area contributed by atoms with Gasteiger partial charge in [-0.3, -0.25) is 4.79 Å². The van der Waals surface area contributed by atoms with E-state index < -0.39 is 0 Å². The van der Waals surface area contributed by atoms with Gasteiger partial charge < -0.3 is 10.6 Å². The molecule has 0 bridgehead atoms. The van der Waals surface area contributed by atoms with Gasteiger partial charge in [0.15, 0.2) is 5.12 Å². The summed E-state index contributed by atoms with van der Waals surface area (Å²) in [5, 5.41) is 6.15. The van der Waals surface area contributed by atoms with Gasteiger partial charge in [-0.15, -0.1) is 50.5 Å². The second kappa shape index (κ2) is 36.9. The van der Waals surface area contributed by atoms with Crippen molar-refractivity contribution in [2.75, 3.05) is 24.7 Å². The van der Waals surface area contributed by atoms with E-state index in [9.17, 15) is 4.79 Å². The number of thiol groups is 4. The molecule has 0 unspecified atom stereocenters. The van der Waals surface area contributed by atoms with E-state index in [1.165, 1.54) is 11.8 Å². The molecular weight excluding hydrogens is 685 g/mol. The number of thioether (sulfide) groups is 1. The fraction of sp³-hybridized carbons (Fsp3) is 0.225. The van der Waals surface area contributed by atoms with Gasteiger partial charge in [-0.1, -0.05) is 108 Å². The van der Waals surface area contributed by atoms with E-state index in [1.807, 2.05) is 195 Å². The molecule has 5 aromatic rings. The summed E-state index contributed by atoms with van der Waals surface area (Å²) in [6.45, 7) is 13.6. The van der Waals surface area contributed by atoms with E-state index in [0.29, 0.717) is 0 Å². The second-order valence-electron chi connectivity index (χ2n) is 8.17. The maximum atomic E-state index is 10.7. The van der Waals surface area contributed by atoms with E-state index in [0.717, 1.165) is 35.9 Å². The first-order valence-corrected chi connectivity index (χ1v) is 18.5. The minimum absolute atomic E-state index is 0.118. The third kappa shape index (κ3) is 31.7. The molecule has 2 N–H and O–H groups in total. The topological polar surface area (TPSA) is 41.1 Å². The van der Waals surface area contributed by atoms with E-state index in [4.69, 9.17) is 0 Å². The molecule has 0 radical (unpaired) electrons. The van der Waals surface area contributed by atoms with Crippen molar-refractivity contribution in [2.45, 2.75) is 72.9 Å². The first kappa shape index (κ1) is 49.5. The summed E-state index contributed by atoms with van der Waals surface area (Å²) < 4.78 is 0. The van der Waals surface area contributed by atoms with Gasteiger partial charge in [-0.05, 0) is 84.9 Å². The van der Waals surface area contributed by atoms with E-state index in [-0.39, 0.29) is 5.12 Å². The maximum Gasteiger partial charge on any atom is 0.190 e. The lowest BCUT2D eigenvalue weighted by Gasteiger charge is -2.00. The van der Waals surface area contributed by atoms with Crippen LogP contribution in [0.25, 0.3) is 0 Å². The van der Waals surface area contributed by atoms with Crippen molar-refractivity contribution in [2.24, 2.45) is 0 Å². The molecule has 5 rings (SSSR count). The number of anilines is 2. The van der Waals surface area contributed by atoms with Gasteiger partial charge in [0.25, 0.3) is 0 Å². The summed E-state index contributed by atoms with van der Waals surface area (Å²) in [4.78, 5) is 15.7. The number of hydrogen-bond donors (Lipinski definition) is 6. The van der Waals surface area contributed by atoms with Crippen LogP contribution in [-0.4, -0.2) is 19.2 Å². The average Bonchev–Trinajstić information content (AvgIpc) is 3.13. The van der Waals surface area contributed by atoms with Gasteiger partial charge >= 0.3 is 0 Å². The predicted octanol–water partition coefficient (Wildman–Crippen LogP) is 13.4. The van der Waals surface area contributed by atoms with Gasteiger partial charge in [-0.25, -0.2) is 0 Å². The normalized spacial score (nSPS) is 8.27. The molecule has 0 saturated carbocycles. The highest BCUT2D eigenvalue weighted by Gasteiger charge is 1.97. The maximum absolute atomic E-state index is 10.7. The number of carbonyl (C=O) groups excluding carboxylic acids is 1. The summed E-state index contributed by atoms with van der Waals surface area (Å²) in [6, 6.07) is 45.0. The van der Waals surface area contributed by atoms with Crippen molar-refractivity contribution in [1.82, 2.24) is 0 Å². The summed E-state index contributed by atoms with van der Waals surface area (Å²) in [5.74, 6) is 0. The fourth-order valence-corrected chi connectivity index (χ4v) is 4.04. The molecule has 48 heavy (non-hydrogen) atoms. The highest BCUT2D eigenvalue weighted by atomic mass is 32.2. The van der Waals surface area contributed by atoms with Gasteiger partial charge in [0.1, 0.15) is 0 Å². The van der Waals surface area contributed by atoms with Crippen LogP contribution in [0.2, 0.25) is 0 Å². The van der Waals surface area contributed by atoms with E-state index in [1.54, 1.807) is 6.92 Å². The standard InChI is InChI=1S/C9H11NOS.C7H9NS.3C6H6S.3C2H6/c1-7(11)12-9-5-3-8(10-2)4-6-9;1-8-6-2-4-7(9)5-3-6;3*7-6-4-2-1-3-5-6;3*1-2/h3-6,10H,1-2H3;2-5,8-9H,1H3;3*1-5,7H;3*1-2H3. The lowest BCUT2D eigenvalue weighted by molar-refractivity contribution is -0.109. The van der Waals surface area contributed by atoms with Crippen LogP contribution in [-0.2, 0) is 4.79 Å². The van der Waals surface area contributed by atoms with Gasteiger partial charge in [0, 0.05) is 56.9 Å². The molecule has 0 aliphatic rings. The van der Waals surface area contributed by atoms with Crippen LogP contribution in [0.1, 0.15) is 48.5 Å². The van der Waals surface area contributed by atoms with Crippen molar-refractivity contribution in [3.8, 4) is 0 Å². The van der Waals surface area contributed by atoms with E-state index >= 15 is 0 Å². The van der Waals surface area contributed by atoms with Crippen LogP contribution >= 0.6 is 62.3 Å². The van der Waals surface area contributed by atoms with Crippen molar-refractivity contribution in [3.05, 3.63) is 140 Å². The zero-order valence-corrected chi connectivity index (χ0v) is 34.3. The smallest absolute Gasteiger partial charge is 0.190 e. The quantitative estimate of drug-likeness (QED) is 0.0823. The number of nitrogens with one attached hydrogen (secondary N) is 2. The Morgan fingerprint density at radius 1 is 0.438 bits per heavy atom. The average molecular weight is 741 g/mol. The Balaban J connectivity index is -0.000000514. The van der Waals surface area contributed by atoms with Gasteiger partial charge in [0.2, 0.25) is 0 Å². The molecule has 5 aromatic carbocycles. The highest BCUT2D eigenvalue weighted by Crippen LogP contribution is 2.20. The summed E-state index contributed by atoms with van der Waals surface area (Å²) in [5.41, 5.74) is 2.18. The van der Waals surface area contributed by atoms with Gasteiger partial charge in [-0.2, -0.15) is 0 Å². The Morgan fingerprint density at radius 3 is 0.896 bits per heavy atom. The first-order chi connectivity index (χ1) is 23.2. The Hall–Kier alpha value is -2.88. The molecule has 262 valence electrons. The van der Waals surface area contributed by atoms with E-state index in [2.05, 4.69) is 61.1 Å². The highest BCUT2D eigenvalue weighted by molar-refractivity contribution is 8.13. The van der Waals surface area contributed by atoms with Crippen LogP contribution in [0.5, 0.6) is 0 Å². The third-order valence-corrected chi connectivity index (χ3v) is 6.82. The number of benzene rings is 5. The van der Waals surface area contributed by atoms with Crippen molar-refractivity contribution >= 4 is 78.8 Å². The van der Waals surface area contributed by atoms with Crippen LogP contribution in [0.3, 0.4) is 0 Å². The minimum atomic E-state index is 0.118. The van der Waals surface area contributed by atoms with Crippen LogP contribution in [0.15, 0.2) is 164 Å². The number of carbonyl (C=O) groups is 1. The van der Waals surface area contributed by atoms with Crippen molar-refractivity contribution in [1.29, 1.82) is 0 Å². The Bertz CT molecular complexity index is 1270. The van der Waals surface area contributed by atoms with Gasteiger partial charge in [0.05, 0.1) is 0 Å². The van der Waals surface area contributed by atoms with Crippen molar-refractivity contribution < 1.29 is 4.79 Å². The minimum Gasteiger partial charge on any atom is -0.388 e. The molecule has 0 atom stereocenters. The molecule has 0 spiro atoms. The van der Waals surface area contributed by atoms with Crippen LogP contribution < -0.4 is 10.6 Å². The number of rotatable bonds is 3. The summed E-state index contributed by atoms with van der Waals surface area (Å²) >= 11 is 17.6. The molecule has 0 aliphatic carbocycles. The monoisotopic (exact) mass is 740 g/mol. The van der Waals surface area contributed by atoms with Crippen LogP contribution in [0.4, 0.5) is 11.4 Å². The molecule has 0 amide bonds. The second-order valence-corrected chi connectivity index (χ2v) is 11.5. The molecule has 0 heterocycles. The molecule has 0 aliphatic heterocycles. The lowest BCUT2D eigenvalue weighted by Crippen LogP contribution is -1.87. The van der Waals surface area contributed by atoms with Crippen LogP contribution in [0, 0.1) is 0 Å². The lowest BCUT2D eigenvalue weighted by atomic mass is 10.3. The summed E-state index contributed by atoms with van der Waals surface area (Å²) in [6.07, 6.45) is 0. The fourth-order valence-electron chi connectivity index (χ4n) is 2.77. The molecule has 0 saturated heterocycles. The Morgan fingerprint density at radius 2 is 0.688 bits per heavy atom. The molecule has 0 aromatic heterocycles. The van der Waals surface area contributed by atoms with Crippen molar-refractivity contribution in [3.63, 3.8) is 0 Å². The first-order valence-electron chi connectivity index (χ1n) is 15.9. The molecule has 3 nitrogen and oxygen atoms in total. The zero-order chi connectivity index (χ0) is 37.0. The molecule has 8 heteroatoms. The Labute approximate surface area is 318 Å². The molecular formula is C40H56N2OS5. The largest absolute Gasteiger partial charge is 0.388 e. The summed E-state index contributed by atoms with van der Waals surface area (Å²) in [7, 11) is 3.76. The predicted molar refractivity (Wildman–Crippen MR) is 231 cm³/mol.